The van der Waals surface area contributed by atoms with E-state index in [-0.39, 0.29) is 11.4 Å². The van der Waals surface area contributed by atoms with Crippen LogP contribution >= 0.6 is 0 Å². The van der Waals surface area contributed by atoms with Crippen molar-refractivity contribution in [3.8, 4) is 5.75 Å². The molecule has 0 spiro atoms. The molecule has 0 amide bonds. The van der Waals surface area contributed by atoms with E-state index in [0.29, 0.717) is 31.4 Å². The van der Waals surface area contributed by atoms with Crippen LogP contribution in [-0.2, 0) is 17.8 Å². The molecule has 1 aliphatic heterocycles. The Morgan fingerprint density at radius 3 is 2.70 bits per heavy atom. The number of para-hydroxylation sites is 1. The molecule has 6 nitrogen and oxygen atoms in total. The van der Waals surface area contributed by atoms with Crippen molar-refractivity contribution in [2.45, 2.75) is 38.8 Å². The number of hydrogen-bond acceptors (Lipinski definition) is 4. The van der Waals surface area contributed by atoms with E-state index in [1.54, 1.807) is 18.2 Å². The van der Waals surface area contributed by atoms with E-state index in [1.807, 2.05) is 19.1 Å². The maximum atomic E-state index is 14.1. The minimum absolute atomic E-state index is 0.187. The lowest BCUT2D eigenvalue weighted by atomic mass is 9.89. The van der Waals surface area contributed by atoms with Crippen molar-refractivity contribution in [3.05, 3.63) is 65.1 Å². The van der Waals surface area contributed by atoms with E-state index in [2.05, 4.69) is 15.7 Å². The topological polar surface area (TPSA) is 63.9 Å². The molecule has 2 aromatic carbocycles. The van der Waals surface area contributed by atoms with Gasteiger partial charge in [-0.3, -0.25) is 4.90 Å². The first-order chi connectivity index (χ1) is 16.0. The lowest BCUT2D eigenvalue weighted by Crippen LogP contribution is -2.32. The van der Waals surface area contributed by atoms with Gasteiger partial charge < -0.3 is 19.1 Å². The molecule has 0 radical (unpaired) electrons. The average molecular weight is 455 g/mol. The number of carboxylic acids is 1. The van der Waals surface area contributed by atoms with Gasteiger partial charge in [0.25, 0.3) is 0 Å². The van der Waals surface area contributed by atoms with Gasteiger partial charge in [-0.1, -0.05) is 12.1 Å². The number of carboxylic acid groups (broad SMARTS) is 1. The highest BCUT2D eigenvalue weighted by Gasteiger charge is 2.25. The first kappa shape index (κ1) is 23.3. The molecule has 33 heavy (non-hydrogen) atoms. The minimum Gasteiger partial charge on any atom is -0.496 e. The normalized spacial score (nSPS) is 15.2. The Morgan fingerprint density at radius 2 is 2.00 bits per heavy atom. The van der Waals surface area contributed by atoms with Crippen molar-refractivity contribution in [2.24, 2.45) is 0 Å². The second-order valence-corrected chi connectivity index (χ2v) is 8.49. The zero-order valence-corrected chi connectivity index (χ0v) is 19.2. The molecular weight excluding hydrogens is 423 g/mol. The monoisotopic (exact) mass is 454 g/mol. The highest BCUT2D eigenvalue weighted by Crippen LogP contribution is 2.36. The number of aromatic nitrogens is 1. The number of aromatic carboxylic acids is 1. The van der Waals surface area contributed by atoms with Gasteiger partial charge in [-0.05, 0) is 68.6 Å². The van der Waals surface area contributed by atoms with Crippen molar-refractivity contribution in [1.82, 2.24) is 9.47 Å². The third-order valence-corrected chi connectivity index (χ3v) is 6.51. The largest absolute Gasteiger partial charge is 0.496 e. The Hall–Kier alpha value is -2.90. The molecule has 1 aliphatic rings. The fourth-order valence-electron chi connectivity index (χ4n) is 4.88. The van der Waals surface area contributed by atoms with E-state index >= 15 is 0 Å². The number of halogens is 1. The van der Waals surface area contributed by atoms with E-state index in [1.165, 1.54) is 18.7 Å². The number of methoxy groups -OCH3 is 1. The van der Waals surface area contributed by atoms with Gasteiger partial charge in [0.05, 0.1) is 13.7 Å². The molecule has 0 atom stereocenters. The molecule has 1 aromatic heterocycles. The lowest BCUT2D eigenvalue weighted by Gasteiger charge is -2.32. The smallest absolute Gasteiger partial charge is 0.339 e. The molecule has 0 aliphatic carbocycles. The van der Waals surface area contributed by atoms with Gasteiger partial charge in [-0.2, -0.15) is 0 Å². The maximum absolute atomic E-state index is 14.1. The predicted molar refractivity (Wildman–Crippen MR) is 126 cm³/mol. The van der Waals surface area contributed by atoms with Crippen molar-refractivity contribution < 1.29 is 23.8 Å². The highest BCUT2D eigenvalue weighted by atomic mass is 19.1. The number of likely N-dealkylation sites (tertiary alicyclic amines) is 1. The van der Waals surface area contributed by atoms with E-state index < -0.39 is 5.97 Å². The number of carbonyl (C=O) groups is 1. The van der Waals surface area contributed by atoms with Crippen LogP contribution in [0.2, 0.25) is 0 Å². The van der Waals surface area contributed by atoms with Crippen LogP contribution in [0.15, 0.2) is 42.6 Å². The summed E-state index contributed by atoms with van der Waals surface area (Å²) < 4.78 is 27.2. The highest BCUT2D eigenvalue weighted by molar-refractivity contribution is 5.91. The standard InChI is InChI=1S/C26H31FN2O4/c1-3-33-14-13-29-17-23(22-15-20(27)7-8-24(22)29)18-9-11-28(12-10-18)16-19-5-4-6-21(26(30)31)25(19)32-2/h4-8,15,17-18H,3,9-14,16H2,1-2H3,(H,30,31). The van der Waals surface area contributed by atoms with Gasteiger partial charge in [0, 0.05) is 42.4 Å². The number of ether oxygens (including phenoxy) is 2. The Labute approximate surface area is 193 Å². The number of piperidine rings is 1. The zero-order valence-electron chi connectivity index (χ0n) is 19.2. The molecule has 0 saturated carbocycles. The van der Waals surface area contributed by atoms with Crippen LogP contribution in [0.25, 0.3) is 10.9 Å². The molecule has 4 rings (SSSR count). The summed E-state index contributed by atoms with van der Waals surface area (Å²) in [5.74, 6) is -0.416. The average Bonchev–Trinajstić information content (AvgIpc) is 3.17. The Balaban J connectivity index is 1.49. The summed E-state index contributed by atoms with van der Waals surface area (Å²) in [6.45, 7) is 6.44. The summed E-state index contributed by atoms with van der Waals surface area (Å²) >= 11 is 0. The van der Waals surface area contributed by atoms with Crippen LogP contribution in [0.3, 0.4) is 0 Å². The van der Waals surface area contributed by atoms with Gasteiger partial charge >= 0.3 is 5.97 Å². The van der Waals surface area contributed by atoms with E-state index in [0.717, 1.165) is 48.9 Å². The number of benzene rings is 2. The van der Waals surface area contributed by atoms with E-state index in [4.69, 9.17) is 9.47 Å². The van der Waals surface area contributed by atoms with Crippen molar-refractivity contribution >= 4 is 16.9 Å². The van der Waals surface area contributed by atoms with Crippen LogP contribution in [0.1, 0.15) is 47.2 Å². The summed E-state index contributed by atoms with van der Waals surface area (Å²) in [5.41, 5.74) is 3.31. The fourth-order valence-corrected chi connectivity index (χ4v) is 4.88. The summed E-state index contributed by atoms with van der Waals surface area (Å²) in [4.78, 5) is 13.8. The summed E-state index contributed by atoms with van der Waals surface area (Å²) in [5, 5.41) is 10.4. The second kappa shape index (κ2) is 10.4. The zero-order chi connectivity index (χ0) is 23.4. The molecule has 176 valence electrons. The molecule has 0 unspecified atom stereocenters. The van der Waals surface area contributed by atoms with Gasteiger partial charge in [-0.25, -0.2) is 9.18 Å². The van der Waals surface area contributed by atoms with Gasteiger partial charge in [-0.15, -0.1) is 0 Å². The molecule has 0 bridgehead atoms. The minimum atomic E-state index is -0.986. The third kappa shape index (κ3) is 5.04. The molecule has 1 fully saturated rings. The van der Waals surface area contributed by atoms with Gasteiger partial charge in [0.15, 0.2) is 0 Å². The van der Waals surface area contributed by atoms with Crippen LogP contribution < -0.4 is 4.74 Å². The quantitative estimate of drug-likeness (QED) is 0.466. The first-order valence-electron chi connectivity index (χ1n) is 11.5. The van der Waals surface area contributed by atoms with Gasteiger partial charge in [0.2, 0.25) is 0 Å². The van der Waals surface area contributed by atoms with Crippen LogP contribution in [0, 0.1) is 5.82 Å². The number of hydrogen-bond donors (Lipinski definition) is 1. The SMILES string of the molecule is CCOCCn1cc(C2CCN(Cc3cccc(C(=O)O)c3OC)CC2)c2cc(F)ccc21. The molecule has 1 saturated heterocycles. The van der Waals surface area contributed by atoms with Crippen LogP contribution in [0.4, 0.5) is 4.39 Å². The van der Waals surface area contributed by atoms with E-state index in [9.17, 15) is 14.3 Å². The van der Waals surface area contributed by atoms with Crippen molar-refractivity contribution in [3.63, 3.8) is 0 Å². The molecular formula is C26H31FN2O4. The number of nitrogens with zero attached hydrogens (tertiary/aromatic N) is 2. The summed E-state index contributed by atoms with van der Waals surface area (Å²) in [6.07, 6.45) is 4.09. The third-order valence-electron chi connectivity index (χ3n) is 6.51. The van der Waals surface area contributed by atoms with Crippen molar-refractivity contribution in [2.75, 3.05) is 33.4 Å². The molecule has 7 heteroatoms. The van der Waals surface area contributed by atoms with Gasteiger partial charge in [0.1, 0.15) is 17.1 Å². The number of fused-ring (bicyclic) bond motifs is 1. The van der Waals surface area contributed by atoms with Crippen LogP contribution in [-0.4, -0.2) is 54.0 Å². The molecule has 2 heterocycles. The maximum Gasteiger partial charge on any atom is 0.339 e. The fraction of sp³-hybridized carbons (Fsp3) is 0.423. The first-order valence-corrected chi connectivity index (χ1v) is 11.5. The Kier molecular flexibility index (Phi) is 7.30. The number of rotatable bonds is 9. The summed E-state index contributed by atoms with van der Waals surface area (Å²) in [6, 6.07) is 10.3. The molecule has 1 N–H and O–H groups in total. The Morgan fingerprint density at radius 1 is 1.21 bits per heavy atom. The lowest BCUT2D eigenvalue weighted by molar-refractivity contribution is 0.0693. The summed E-state index contributed by atoms with van der Waals surface area (Å²) in [7, 11) is 1.51. The predicted octanol–water partition coefficient (Wildman–Crippen LogP) is 4.90. The van der Waals surface area contributed by atoms with Crippen LogP contribution in [0.5, 0.6) is 5.75 Å². The second-order valence-electron chi connectivity index (χ2n) is 8.49. The molecule has 3 aromatic rings. The Bertz CT molecular complexity index is 1120. The van der Waals surface area contributed by atoms with Crippen molar-refractivity contribution in [1.29, 1.82) is 0 Å².